The summed E-state index contributed by atoms with van der Waals surface area (Å²) in [6, 6.07) is 17.3. The van der Waals surface area contributed by atoms with E-state index in [-0.39, 0.29) is 0 Å². The minimum Gasteiger partial charge on any atom is -0.361 e. The number of nitrogens with one attached hydrogen (secondary N) is 2. The van der Waals surface area contributed by atoms with Gasteiger partial charge in [0.05, 0.1) is 0 Å². The molecular formula is C17H17BrN2. The maximum absolute atomic E-state index is 3.59. The van der Waals surface area contributed by atoms with Crippen LogP contribution in [0.1, 0.15) is 24.1 Å². The first-order chi connectivity index (χ1) is 9.74. The van der Waals surface area contributed by atoms with Crippen molar-refractivity contribution in [3.63, 3.8) is 0 Å². The SMILES string of the molecule is C[C@H](NCc1cccc2[nH]ccc12)c1cccc(Br)c1. The van der Waals surface area contributed by atoms with Crippen molar-refractivity contribution in [1.82, 2.24) is 10.3 Å². The molecule has 0 unspecified atom stereocenters. The zero-order valence-electron chi connectivity index (χ0n) is 11.4. The van der Waals surface area contributed by atoms with E-state index in [2.05, 4.69) is 81.7 Å². The summed E-state index contributed by atoms with van der Waals surface area (Å²) in [4.78, 5) is 3.25. The topological polar surface area (TPSA) is 27.8 Å². The molecule has 1 aromatic heterocycles. The average molecular weight is 329 g/mol. The van der Waals surface area contributed by atoms with Gasteiger partial charge < -0.3 is 10.3 Å². The Morgan fingerprint density at radius 1 is 1.15 bits per heavy atom. The van der Waals surface area contributed by atoms with Gasteiger partial charge in [0.25, 0.3) is 0 Å². The number of aromatic amines is 1. The minimum absolute atomic E-state index is 0.321. The molecule has 0 radical (unpaired) electrons. The Balaban J connectivity index is 1.74. The van der Waals surface area contributed by atoms with Gasteiger partial charge in [-0.25, -0.2) is 0 Å². The molecule has 0 aliphatic heterocycles. The lowest BCUT2D eigenvalue weighted by Crippen LogP contribution is -2.18. The van der Waals surface area contributed by atoms with Crippen LogP contribution < -0.4 is 5.32 Å². The maximum atomic E-state index is 3.59. The summed E-state index contributed by atoms with van der Waals surface area (Å²) in [5.41, 5.74) is 3.81. The smallest absolute Gasteiger partial charge is 0.0457 e. The molecule has 0 saturated heterocycles. The van der Waals surface area contributed by atoms with Gasteiger partial charge in [-0.3, -0.25) is 0 Å². The average Bonchev–Trinajstić information content (AvgIpc) is 2.93. The van der Waals surface area contributed by atoms with Crippen LogP contribution in [0.25, 0.3) is 10.9 Å². The van der Waals surface area contributed by atoms with E-state index in [0.717, 1.165) is 11.0 Å². The van der Waals surface area contributed by atoms with Crippen molar-refractivity contribution in [3.8, 4) is 0 Å². The third kappa shape index (κ3) is 2.79. The molecule has 1 atom stereocenters. The van der Waals surface area contributed by atoms with E-state index in [0.29, 0.717) is 6.04 Å². The molecular weight excluding hydrogens is 312 g/mol. The lowest BCUT2D eigenvalue weighted by atomic mass is 10.1. The second-order valence-corrected chi connectivity index (χ2v) is 5.93. The molecule has 102 valence electrons. The molecule has 0 saturated carbocycles. The molecule has 0 aliphatic rings. The van der Waals surface area contributed by atoms with E-state index in [1.807, 2.05) is 6.20 Å². The Labute approximate surface area is 127 Å². The van der Waals surface area contributed by atoms with Crippen LogP contribution >= 0.6 is 15.9 Å². The quantitative estimate of drug-likeness (QED) is 0.708. The normalized spacial score (nSPS) is 12.7. The molecule has 2 N–H and O–H groups in total. The van der Waals surface area contributed by atoms with Gasteiger partial charge in [0.2, 0.25) is 0 Å². The predicted octanol–water partition coefficient (Wildman–Crippen LogP) is 4.78. The molecule has 1 heterocycles. The number of fused-ring (bicyclic) bond motifs is 1. The van der Waals surface area contributed by atoms with Crippen molar-refractivity contribution >= 4 is 26.8 Å². The number of hydrogen-bond acceptors (Lipinski definition) is 1. The number of hydrogen-bond donors (Lipinski definition) is 2. The van der Waals surface area contributed by atoms with Gasteiger partial charge in [0.15, 0.2) is 0 Å². The first-order valence-electron chi connectivity index (χ1n) is 6.78. The fourth-order valence-corrected chi connectivity index (χ4v) is 2.88. The van der Waals surface area contributed by atoms with Crippen LogP contribution in [0.5, 0.6) is 0 Å². The van der Waals surface area contributed by atoms with Gasteiger partial charge in [-0.15, -0.1) is 0 Å². The molecule has 0 spiro atoms. The first kappa shape index (κ1) is 13.4. The predicted molar refractivity (Wildman–Crippen MR) is 87.7 cm³/mol. The van der Waals surface area contributed by atoms with Crippen molar-refractivity contribution in [3.05, 3.63) is 70.3 Å². The van der Waals surface area contributed by atoms with Gasteiger partial charge in [-0.2, -0.15) is 0 Å². The summed E-state index contributed by atoms with van der Waals surface area (Å²) in [5.74, 6) is 0. The Morgan fingerprint density at radius 2 is 2.00 bits per heavy atom. The maximum Gasteiger partial charge on any atom is 0.0457 e. The third-order valence-electron chi connectivity index (χ3n) is 3.63. The Hall–Kier alpha value is -1.58. The van der Waals surface area contributed by atoms with E-state index < -0.39 is 0 Å². The van der Waals surface area contributed by atoms with Crippen LogP contribution in [0.4, 0.5) is 0 Å². The fourth-order valence-electron chi connectivity index (χ4n) is 2.46. The first-order valence-corrected chi connectivity index (χ1v) is 7.57. The van der Waals surface area contributed by atoms with Crippen molar-refractivity contribution < 1.29 is 0 Å². The number of halogens is 1. The van der Waals surface area contributed by atoms with Gasteiger partial charge in [-0.05, 0) is 42.3 Å². The number of benzene rings is 2. The highest BCUT2D eigenvalue weighted by Crippen LogP contribution is 2.20. The fraction of sp³-hybridized carbons (Fsp3) is 0.176. The van der Waals surface area contributed by atoms with Crippen LogP contribution in [-0.2, 0) is 6.54 Å². The number of rotatable bonds is 4. The van der Waals surface area contributed by atoms with E-state index in [9.17, 15) is 0 Å². The van der Waals surface area contributed by atoms with E-state index in [1.165, 1.54) is 22.0 Å². The molecule has 2 nitrogen and oxygen atoms in total. The molecule has 0 aliphatic carbocycles. The minimum atomic E-state index is 0.321. The summed E-state index contributed by atoms with van der Waals surface area (Å²) < 4.78 is 1.12. The van der Waals surface area contributed by atoms with Gasteiger partial charge >= 0.3 is 0 Å². The van der Waals surface area contributed by atoms with Crippen molar-refractivity contribution in [1.29, 1.82) is 0 Å². The highest BCUT2D eigenvalue weighted by Gasteiger charge is 2.07. The van der Waals surface area contributed by atoms with E-state index in [4.69, 9.17) is 0 Å². The van der Waals surface area contributed by atoms with Crippen LogP contribution in [-0.4, -0.2) is 4.98 Å². The van der Waals surface area contributed by atoms with E-state index in [1.54, 1.807) is 0 Å². The van der Waals surface area contributed by atoms with Crippen LogP contribution in [0.15, 0.2) is 59.2 Å². The van der Waals surface area contributed by atoms with Gasteiger partial charge in [0.1, 0.15) is 0 Å². The second-order valence-electron chi connectivity index (χ2n) is 5.01. The molecule has 3 heteroatoms. The summed E-state index contributed by atoms with van der Waals surface area (Å²) in [5, 5.41) is 4.88. The molecule has 0 bridgehead atoms. The zero-order chi connectivity index (χ0) is 13.9. The molecule has 3 rings (SSSR count). The lowest BCUT2D eigenvalue weighted by Gasteiger charge is -2.15. The van der Waals surface area contributed by atoms with Gasteiger partial charge in [0, 0.05) is 34.2 Å². The summed E-state index contributed by atoms with van der Waals surface area (Å²) in [7, 11) is 0. The highest BCUT2D eigenvalue weighted by molar-refractivity contribution is 9.10. The summed E-state index contributed by atoms with van der Waals surface area (Å²) >= 11 is 3.52. The molecule has 0 amide bonds. The summed E-state index contributed by atoms with van der Waals surface area (Å²) in [6.45, 7) is 3.06. The van der Waals surface area contributed by atoms with Crippen LogP contribution in [0.2, 0.25) is 0 Å². The zero-order valence-corrected chi connectivity index (χ0v) is 12.9. The van der Waals surface area contributed by atoms with E-state index >= 15 is 0 Å². The number of H-pyrrole nitrogens is 1. The van der Waals surface area contributed by atoms with Crippen molar-refractivity contribution in [2.45, 2.75) is 19.5 Å². The second kappa shape index (κ2) is 5.81. The lowest BCUT2D eigenvalue weighted by molar-refractivity contribution is 0.576. The number of aromatic nitrogens is 1. The van der Waals surface area contributed by atoms with Crippen LogP contribution in [0, 0.1) is 0 Å². The molecule has 20 heavy (non-hydrogen) atoms. The molecule has 0 fully saturated rings. The Kier molecular flexibility index (Phi) is 3.90. The van der Waals surface area contributed by atoms with Gasteiger partial charge in [-0.1, -0.05) is 40.2 Å². The highest BCUT2D eigenvalue weighted by atomic mass is 79.9. The van der Waals surface area contributed by atoms with Crippen molar-refractivity contribution in [2.75, 3.05) is 0 Å². The largest absolute Gasteiger partial charge is 0.361 e. The van der Waals surface area contributed by atoms with Crippen LogP contribution in [0.3, 0.4) is 0 Å². The standard InChI is InChI=1S/C17H17BrN2/c1-12(13-4-2-6-15(18)10-13)20-11-14-5-3-7-17-16(14)8-9-19-17/h2-10,12,19-20H,11H2,1H3/t12-/m0/s1. The Morgan fingerprint density at radius 3 is 2.85 bits per heavy atom. The third-order valence-corrected chi connectivity index (χ3v) is 4.13. The molecule has 3 aromatic rings. The Bertz CT molecular complexity index is 718. The van der Waals surface area contributed by atoms with Crippen molar-refractivity contribution in [2.24, 2.45) is 0 Å². The molecule has 2 aromatic carbocycles. The summed E-state index contributed by atoms with van der Waals surface area (Å²) in [6.07, 6.45) is 1.99. The monoisotopic (exact) mass is 328 g/mol.